The average Bonchev–Trinajstić information content (AvgIpc) is 3.32. The molecular weight excluding hydrogens is 453 g/mol. The fourth-order valence-corrected chi connectivity index (χ4v) is 3.13. The molecule has 34 heavy (non-hydrogen) atoms. The average molecular weight is 471 g/mol. The van der Waals surface area contributed by atoms with E-state index >= 15 is 0 Å². The fourth-order valence-electron chi connectivity index (χ4n) is 3.13. The number of hydrogen-bond donors (Lipinski definition) is 1. The molecule has 2 N–H and O–H groups in total. The normalized spacial score (nSPS) is 11.0. The van der Waals surface area contributed by atoms with Crippen LogP contribution in [-0.2, 0) is 27.4 Å². The summed E-state index contributed by atoms with van der Waals surface area (Å²) in [6.45, 7) is 2.46. The highest BCUT2D eigenvalue weighted by molar-refractivity contribution is 6.07. The highest BCUT2D eigenvalue weighted by atomic mass is 19.1. The Labute approximate surface area is 190 Å². The first-order chi connectivity index (χ1) is 16.3. The highest BCUT2D eigenvalue weighted by Gasteiger charge is 2.24. The second kappa shape index (κ2) is 9.13. The van der Waals surface area contributed by atoms with E-state index in [9.17, 15) is 18.8 Å². The summed E-state index contributed by atoms with van der Waals surface area (Å²) in [4.78, 5) is 44.6. The van der Waals surface area contributed by atoms with E-state index in [4.69, 9.17) is 24.0 Å². The molecule has 0 unspecified atom stereocenters. The summed E-state index contributed by atoms with van der Waals surface area (Å²) in [5.74, 6) is -2.66. The Hall–Kier alpha value is -4.55. The molecule has 3 heterocycles. The van der Waals surface area contributed by atoms with Gasteiger partial charge >= 0.3 is 17.7 Å². The van der Waals surface area contributed by atoms with Crippen LogP contribution in [0.4, 0.5) is 10.2 Å². The number of fused-ring (bicyclic) bond motifs is 1. The SMILES string of the molecule is CCOC(=O)c1c(C)oc2nc(COC(=O)Cn3nc(-c4ccc(F)cc4)oc3=O)nc(N)c12. The second-order valence-electron chi connectivity index (χ2n) is 6.96. The number of anilines is 1. The van der Waals surface area contributed by atoms with Gasteiger partial charge in [-0.25, -0.2) is 19.0 Å². The molecule has 0 aliphatic rings. The standard InChI is InChI=1S/C21H18FN5O7/c1-3-31-20(29)15-10(2)33-19-16(15)17(23)24-13(25-19)9-32-14(28)8-27-21(30)34-18(26-27)11-4-6-12(22)7-5-11/h4-7H,3,8-9H2,1-2H3,(H2,23,24,25). The number of carbonyl (C=O) groups excluding carboxylic acids is 2. The van der Waals surface area contributed by atoms with Crippen LogP contribution in [-0.4, -0.2) is 38.3 Å². The van der Waals surface area contributed by atoms with E-state index in [1.807, 2.05) is 0 Å². The molecule has 0 fully saturated rings. The molecular formula is C21H18FN5O7. The maximum Gasteiger partial charge on any atom is 0.437 e. The third-order valence-electron chi connectivity index (χ3n) is 4.62. The number of benzene rings is 1. The minimum Gasteiger partial charge on any atom is -0.462 e. The molecule has 0 spiro atoms. The number of nitrogen functional groups attached to an aromatic ring is 1. The van der Waals surface area contributed by atoms with Gasteiger partial charge in [0.2, 0.25) is 11.6 Å². The number of esters is 2. The van der Waals surface area contributed by atoms with Crippen LogP contribution in [0.1, 0.15) is 28.9 Å². The van der Waals surface area contributed by atoms with E-state index in [1.54, 1.807) is 13.8 Å². The number of furan rings is 1. The van der Waals surface area contributed by atoms with Crippen molar-refractivity contribution in [1.82, 2.24) is 19.7 Å². The number of carbonyl (C=O) groups is 2. The third-order valence-corrected chi connectivity index (χ3v) is 4.62. The maximum atomic E-state index is 13.1. The number of nitrogens with two attached hydrogens (primary N) is 1. The van der Waals surface area contributed by atoms with Gasteiger partial charge in [-0.1, -0.05) is 0 Å². The first kappa shape index (κ1) is 22.6. The molecule has 3 aromatic heterocycles. The van der Waals surface area contributed by atoms with Gasteiger partial charge in [-0.2, -0.15) is 9.67 Å². The molecule has 0 amide bonds. The van der Waals surface area contributed by atoms with Crippen molar-refractivity contribution in [2.75, 3.05) is 12.3 Å². The smallest absolute Gasteiger partial charge is 0.437 e. The fraction of sp³-hybridized carbons (Fsp3) is 0.238. The largest absolute Gasteiger partial charge is 0.462 e. The summed E-state index contributed by atoms with van der Waals surface area (Å²) >= 11 is 0. The van der Waals surface area contributed by atoms with Gasteiger partial charge in [-0.3, -0.25) is 4.79 Å². The monoisotopic (exact) mass is 471 g/mol. The number of ether oxygens (including phenoxy) is 2. The van der Waals surface area contributed by atoms with Crippen LogP contribution in [0.3, 0.4) is 0 Å². The van der Waals surface area contributed by atoms with Crippen molar-refractivity contribution in [3.8, 4) is 11.5 Å². The molecule has 13 heteroatoms. The van der Waals surface area contributed by atoms with Gasteiger partial charge in [-0.05, 0) is 38.1 Å². The Morgan fingerprint density at radius 2 is 1.88 bits per heavy atom. The Morgan fingerprint density at radius 1 is 1.15 bits per heavy atom. The molecule has 0 saturated carbocycles. The zero-order chi connectivity index (χ0) is 24.4. The quantitative estimate of drug-likeness (QED) is 0.392. The van der Waals surface area contributed by atoms with Crippen LogP contribution in [0, 0.1) is 12.7 Å². The molecule has 176 valence electrons. The molecule has 12 nitrogen and oxygen atoms in total. The van der Waals surface area contributed by atoms with E-state index in [2.05, 4.69) is 15.1 Å². The first-order valence-corrected chi connectivity index (χ1v) is 9.99. The summed E-state index contributed by atoms with van der Waals surface area (Å²) in [6, 6.07) is 5.12. The van der Waals surface area contributed by atoms with E-state index in [0.29, 0.717) is 5.56 Å². The van der Waals surface area contributed by atoms with Crippen molar-refractivity contribution < 1.29 is 32.3 Å². The van der Waals surface area contributed by atoms with Crippen molar-refractivity contribution in [2.24, 2.45) is 0 Å². The van der Waals surface area contributed by atoms with E-state index < -0.39 is 30.1 Å². The van der Waals surface area contributed by atoms with Crippen molar-refractivity contribution in [2.45, 2.75) is 27.0 Å². The Bertz CT molecular complexity index is 1440. The number of hydrogen-bond acceptors (Lipinski definition) is 11. The molecule has 0 aliphatic carbocycles. The van der Waals surface area contributed by atoms with Gasteiger partial charge in [0, 0.05) is 5.56 Å². The number of halogens is 1. The van der Waals surface area contributed by atoms with E-state index in [0.717, 1.165) is 4.68 Å². The van der Waals surface area contributed by atoms with Gasteiger partial charge < -0.3 is 24.0 Å². The zero-order valence-corrected chi connectivity index (χ0v) is 18.0. The summed E-state index contributed by atoms with van der Waals surface area (Å²) in [6.07, 6.45) is 0. The molecule has 1 aromatic carbocycles. The lowest BCUT2D eigenvalue weighted by Crippen LogP contribution is -2.23. The summed E-state index contributed by atoms with van der Waals surface area (Å²) in [5, 5.41) is 4.11. The molecule has 4 aromatic rings. The summed E-state index contributed by atoms with van der Waals surface area (Å²) < 4.78 is 34.4. The molecule has 0 radical (unpaired) electrons. The number of aryl methyl sites for hydroxylation is 1. The number of rotatable bonds is 7. The minimum atomic E-state index is -0.893. The Morgan fingerprint density at radius 3 is 2.59 bits per heavy atom. The first-order valence-electron chi connectivity index (χ1n) is 9.99. The van der Waals surface area contributed by atoms with Gasteiger partial charge in [0.25, 0.3) is 0 Å². The molecule has 0 saturated heterocycles. The van der Waals surface area contributed by atoms with Gasteiger partial charge in [0.1, 0.15) is 29.5 Å². The Balaban J connectivity index is 1.46. The third kappa shape index (κ3) is 4.48. The highest BCUT2D eigenvalue weighted by Crippen LogP contribution is 2.29. The predicted octanol–water partition coefficient (Wildman–Crippen LogP) is 1.99. The number of nitrogens with zero attached hydrogens (tertiary/aromatic N) is 4. The van der Waals surface area contributed by atoms with Crippen LogP contribution in [0.15, 0.2) is 37.9 Å². The topological polar surface area (TPSA) is 166 Å². The predicted molar refractivity (Wildman–Crippen MR) is 113 cm³/mol. The minimum absolute atomic E-state index is 0.0157. The van der Waals surface area contributed by atoms with Crippen LogP contribution < -0.4 is 11.5 Å². The van der Waals surface area contributed by atoms with Crippen LogP contribution >= 0.6 is 0 Å². The molecule has 0 aliphatic heterocycles. The lowest BCUT2D eigenvalue weighted by Gasteiger charge is -2.05. The van der Waals surface area contributed by atoms with Gasteiger partial charge in [0.15, 0.2) is 12.4 Å². The van der Waals surface area contributed by atoms with Crippen molar-refractivity contribution in [3.05, 3.63) is 57.8 Å². The lowest BCUT2D eigenvalue weighted by molar-refractivity contribution is -0.146. The van der Waals surface area contributed by atoms with Crippen LogP contribution in [0.25, 0.3) is 22.6 Å². The van der Waals surface area contributed by atoms with Gasteiger partial charge in [0.05, 0.1) is 12.0 Å². The van der Waals surface area contributed by atoms with Crippen molar-refractivity contribution in [3.63, 3.8) is 0 Å². The van der Waals surface area contributed by atoms with Crippen molar-refractivity contribution >= 4 is 28.9 Å². The lowest BCUT2D eigenvalue weighted by atomic mass is 10.2. The summed E-state index contributed by atoms with van der Waals surface area (Å²) in [7, 11) is 0. The van der Waals surface area contributed by atoms with Crippen molar-refractivity contribution in [1.29, 1.82) is 0 Å². The summed E-state index contributed by atoms with van der Waals surface area (Å²) in [5.41, 5.74) is 6.49. The molecule has 0 bridgehead atoms. The van der Waals surface area contributed by atoms with E-state index in [1.165, 1.54) is 24.3 Å². The van der Waals surface area contributed by atoms with E-state index in [-0.39, 0.29) is 53.2 Å². The molecule has 4 rings (SSSR count). The maximum absolute atomic E-state index is 13.1. The van der Waals surface area contributed by atoms with Gasteiger partial charge in [-0.15, -0.1) is 5.10 Å². The Kier molecular flexibility index (Phi) is 6.08. The van der Waals surface area contributed by atoms with Crippen LogP contribution in [0.2, 0.25) is 0 Å². The zero-order valence-electron chi connectivity index (χ0n) is 18.0. The number of aromatic nitrogens is 4. The van der Waals surface area contributed by atoms with Crippen LogP contribution in [0.5, 0.6) is 0 Å². The molecule has 0 atom stereocenters. The second-order valence-corrected chi connectivity index (χ2v) is 6.96.